The smallest absolute Gasteiger partial charge is 0.0126 e. The molecule has 1 aliphatic carbocycles. The van der Waals surface area contributed by atoms with Crippen LogP contribution in [-0.4, -0.2) is 0 Å². The predicted octanol–water partition coefficient (Wildman–Crippen LogP) is 4.83. The van der Waals surface area contributed by atoms with Gasteiger partial charge in [-0.05, 0) is 41.4 Å². The molecule has 0 N–H and O–H groups in total. The van der Waals surface area contributed by atoms with Gasteiger partial charge in [0.25, 0.3) is 0 Å². The largest absolute Gasteiger partial charge is 0.0581 e. The van der Waals surface area contributed by atoms with Crippen molar-refractivity contribution >= 4 is 0 Å². The van der Waals surface area contributed by atoms with Gasteiger partial charge < -0.3 is 0 Å². The molecule has 0 unspecified atom stereocenters. The second-order valence-electron chi connectivity index (χ2n) is 6.12. The average molecular weight is 215 g/mol. The molecule has 1 radical (unpaired) electrons. The van der Waals surface area contributed by atoms with Crippen LogP contribution in [0, 0.1) is 6.07 Å². The lowest BCUT2D eigenvalue weighted by molar-refractivity contribution is 0.442. The van der Waals surface area contributed by atoms with Crippen LogP contribution in [0.2, 0.25) is 0 Å². The van der Waals surface area contributed by atoms with Crippen molar-refractivity contribution in [2.75, 3.05) is 0 Å². The van der Waals surface area contributed by atoms with Crippen LogP contribution in [0.5, 0.6) is 0 Å². The zero-order chi connectivity index (χ0) is 11.6. The van der Waals surface area contributed by atoms with Crippen LogP contribution in [0.25, 0.3) is 0 Å². The van der Waals surface area contributed by atoms with Gasteiger partial charge in [-0.1, -0.05) is 58.2 Å². The molecule has 0 aromatic heterocycles. The lowest BCUT2D eigenvalue weighted by atomic mass is 9.80. The highest BCUT2D eigenvalue weighted by atomic mass is 14.2. The Balaban J connectivity index is 2.21. The molecule has 87 valence electrons. The summed E-state index contributed by atoms with van der Waals surface area (Å²) in [6, 6.07) is 10.2. The Morgan fingerprint density at radius 1 is 1.12 bits per heavy atom. The molecule has 0 spiro atoms. The molecule has 0 heteroatoms. The van der Waals surface area contributed by atoms with Gasteiger partial charge in [0.1, 0.15) is 0 Å². The lowest BCUT2D eigenvalue weighted by Gasteiger charge is -2.25. The molecule has 1 aromatic carbocycles. The van der Waals surface area contributed by atoms with E-state index < -0.39 is 0 Å². The quantitative estimate of drug-likeness (QED) is 0.629. The molecular formula is C16H23. The molecule has 0 saturated heterocycles. The van der Waals surface area contributed by atoms with Crippen LogP contribution < -0.4 is 0 Å². The van der Waals surface area contributed by atoms with Crippen molar-refractivity contribution in [2.45, 2.75) is 64.2 Å². The average Bonchev–Trinajstić information content (AvgIpc) is 2.29. The fraction of sp³-hybridized carbons (Fsp3) is 0.625. The molecule has 1 aliphatic rings. The Kier molecular flexibility index (Phi) is 3.37. The Morgan fingerprint density at radius 3 is 2.44 bits per heavy atom. The first-order valence-corrected chi connectivity index (χ1v) is 6.59. The first-order chi connectivity index (χ1) is 7.57. The number of hydrogen-bond acceptors (Lipinski definition) is 0. The van der Waals surface area contributed by atoms with Crippen LogP contribution in [0.3, 0.4) is 0 Å². The van der Waals surface area contributed by atoms with Crippen molar-refractivity contribution in [3.05, 3.63) is 35.4 Å². The van der Waals surface area contributed by atoms with E-state index in [0.29, 0.717) is 0 Å². The molecule has 0 heterocycles. The van der Waals surface area contributed by atoms with Gasteiger partial charge >= 0.3 is 0 Å². The molecule has 0 amide bonds. The van der Waals surface area contributed by atoms with E-state index in [1.165, 1.54) is 37.7 Å². The predicted molar refractivity (Wildman–Crippen MR) is 69.8 cm³/mol. The summed E-state index contributed by atoms with van der Waals surface area (Å²) >= 11 is 0. The molecule has 1 fully saturated rings. The molecule has 0 atom stereocenters. The van der Waals surface area contributed by atoms with Gasteiger partial charge in [0.05, 0.1) is 0 Å². The maximum Gasteiger partial charge on any atom is -0.0126 e. The number of benzene rings is 1. The molecule has 0 nitrogen and oxygen atoms in total. The van der Waals surface area contributed by atoms with Crippen molar-refractivity contribution in [1.82, 2.24) is 0 Å². The Hall–Kier alpha value is -0.780. The normalized spacial score (nSPS) is 18.7. The summed E-state index contributed by atoms with van der Waals surface area (Å²) in [6.07, 6.45) is 7.02. The minimum atomic E-state index is 0.227. The van der Waals surface area contributed by atoms with Crippen molar-refractivity contribution in [2.24, 2.45) is 0 Å². The number of rotatable bonds is 1. The summed E-state index contributed by atoms with van der Waals surface area (Å²) in [7, 11) is 0. The van der Waals surface area contributed by atoms with E-state index in [-0.39, 0.29) is 5.41 Å². The Labute approximate surface area is 100 Å². The molecule has 0 bridgehead atoms. The number of hydrogen-bond donors (Lipinski definition) is 0. The molecule has 16 heavy (non-hydrogen) atoms. The zero-order valence-electron chi connectivity index (χ0n) is 10.8. The van der Waals surface area contributed by atoms with Crippen LogP contribution in [0.1, 0.15) is 69.9 Å². The third-order valence-electron chi connectivity index (χ3n) is 3.71. The molecule has 2 rings (SSSR count). The van der Waals surface area contributed by atoms with E-state index in [0.717, 1.165) is 5.92 Å². The highest BCUT2D eigenvalue weighted by Crippen LogP contribution is 2.34. The second kappa shape index (κ2) is 4.61. The second-order valence-corrected chi connectivity index (χ2v) is 6.12. The summed E-state index contributed by atoms with van der Waals surface area (Å²) < 4.78 is 0. The van der Waals surface area contributed by atoms with Crippen LogP contribution in [0.4, 0.5) is 0 Å². The van der Waals surface area contributed by atoms with E-state index in [2.05, 4.69) is 45.0 Å². The van der Waals surface area contributed by atoms with Crippen molar-refractivity contribution in [3.8, 4) is 0 Å². The zero-order valence-corrected chi connectivity index (χ0v) is 10.8. The Bertz CT molecular complexity index is 337. The van der Waals surface area contributed by atoms with E-state index in [9.17, 15) is 0 Å². The third-order valence-corrected chi connectivity index (χ3v) is 3.71. The summed E-state index contributed by atoms with van der Waals surface area (Å²) in [4.78, 5) is 0. The third kappa shape index (κ3) is 2.66. The van der Waals surface area contributed by atoms with E-state index in [1.807, 2.05) is 0 Å². The molecule has 1 aromatic rings. The topological polar surface area (TPSA) is 0 Å². The lowest BCUT2D eigenvalue weighted by Crippen LogP contribution is -2.13. The summed E-state index contributed by atoms with van der Waals surface area (Å²) in [6.45, 7) is 6.80. The summed E-state index contributed by atoms with van der Waals surface area (Å²) in [5.41, 5.74) is 3.13. The Morgan fingerprint density at radius 2 is 1.81 bits per heavy atom. The molecule has 0 aliphatic heterocycles. The van der Waals surface area contributed by atoms with Gasteiger partial charge in [0, 0.05) is 0 Å². The van der Waals surface area contributed by atoms with Gasteiger partial charge in [0.15, 0.2) is 0 Å². The van der Waals surface area contributed by atoms with E-state index >= 15 is 0 Å². The van der Waals surface area contributed by atoms with Crippen LogP contribution in [-0.2, 0) is 5.41 Å². The first-order valence-electron chi connectivity index (χ1n) is 6.59. The highest BCUT2D eigenvalue weighted by Gasteiger charge is 2.18. The van der Waals surface area contributed by atoms with Gasteiger partial charge in [0.2, 0.25) is 0 Å². The van der Waals surface area contributed by atoms with Crippen molar-refractivity contribution in [1.29, 1.82) is 0 Å². The van der Waals surface area contributed by atoms with E-state index in [4.69, 9.17) is 0 Å². The van der Waals surface area contributed by atoms with Gasteiger partial charge in [-0.2, -0.15) is 0 Å². The minimum Gasteiger partial charge on any atom is -0.0581 e. The maximum atomic E-state index is 3.39. The first kappa shape index (κ1) is 11.7. The van der Waals surface area contributed by atoms with Gasteiger partial charge in [-0.25, -0.2) is 0 Å². The van der Waals surface area contributed by atoms with Crippen molar-refractivity contribution in [3.63, 3.8) is 0 Å². The monoisotopic (exact) mass is 215 g/mol. The maximum absolute atomic E-state index is 3.39. The molecule has 1 saturated carbocycles. The van der Waals surface area contributed by atoms with Crippen molar-refractivity contribution < 1.29 is 0 Å². The van der Waals surface area contributed by atoms with Crippen LogP contribution in [0.15, 0.2) is 18.2 Å². The summed E-state index contributed by atoms with van der Waals surface area (Å²) in [5.74, 6) is 0.810. The van der Waals surface area contributed by atoms with E-state index in [1.54, 1.807) is 5.56 Å². The van der Waals surface area contributed by atoms with Gasteiger partial charge in [-0.15, -0.1) is 0 Å². The van der Waals surface area contributed by atoms with Crippen LogP contribution >= 0.6 is 0 Å². The van der Waals surface area contributed by atoms with Gasteiger partial charge in [-0.3, -0.25) is 0 Å². The summed E-state index contributed by atoms with van der Waals surface area (Å²) in [5, 5.41) is 0. The SMILES string of the molecule is CC(C)(C)c1[c]ccc(C2CCCCC2)c1. The minimum absolute atomic E-state index is 0.227. The highest BCUT2D eigenvalue weighted by molar-refractivity contribution is 5.30. The fourth-order valence-electron chi connectivity index (χ4n) is 2.61. The molecular weight excluding hydrogens is 192 g/mol. The standard InChI is InChI=1S/C16H23/c1-16(2,3)15-11-7-10-14(12-15)13-8-5-4-6-9-13/h7,10,12-13H,4-6,8-9H2,1-3H3. The fourth-order valence-corrected chi connectivity index (χ4v) is 2.61.